The molecule has 0 bridgehead atoms. The lowest BCUT2D eigenvalue weighted by Crippen LogP contribution is -2.39. The summed E-state index contributed by atoms with van der Waals surface area (Å²) in [5, 5.41) is 4.85. The third kappa shape index (κ3) is 9.66. The topological polar surface area (TPSA) is 129 Å². The molecule has 5 aromatic rings. The molecule has 1 heterocycles. The van der Waals surface area contributed by atoms with Crippen LogP contribution in [0.25, 0.3) is 0 Å². The van der Waals surface area contributed by atoms with Crippen LogP contribution in [-0.4, -0.2) is 44.1 Å². The minimum absolute atomic E-state index is 0.0123. The lowest BCUT2D eigenvalue weighted by atomic mass is 10.2. The van der Waals surface area contributed by atoms with Gasteiger partial charge in [-0.2, -0.15) is 13.7 Å². The molecular formula is C35H32Cl2N4O6S2. The summed E-state index contributed by atoms with van der Waals surface area (Å²) in [4.78, 5) is 13.0. The molecule has 0 saturated heterocycles. The smallest absolute Gasteiger partial charge is 0.255 e. The van der Waals surface area contributed by atoms with Gasteiger partial charge in [-0.3, -0.25) is 4.79 Å². The zero-order chi connectivity index (χ0) is 35.0. The van der Waals surface area contributed by atoms with Crippen molar-refractivity contribution in [2.24, 2.45) is 5.10 Å². The molecule has 10 nitrogen and oxygen atoms in total. The fraction of sp³-hybridized carbons (Fsp3) is 0.143. The zero-order valence-electron chi connectivity index (χ0n) is 26.2. The van der Waals surface area contributed by atoms with Gasteiger partial charge in [0.05, 0.1) is 29.1 Å². The number of sulfonamides is 2. The first-order valence-corrected chi connectivity index (χ1v) is 18.6. The van der Waals surface area contributed by atoms with Crippen LogP contribution in [0.2, 0.25) is 10.0 Å². The van der Waals surface area contributed by atoms with E-state index in [9.17, 15) is 21.6 Å². The van der Waals surface area contributed by atoms with Crippen LogP contribution in [0.3, 0.4) is 0 Å². The highest BCUT2D eigenvalue weighted by Gasteiger charge is 2.28. The van der Waals surface area contributed by atoms with E-state index in [-0.39, 0.29) is 35.2 Å². The molecule has 0 spiro atoms. The predicted octanol–water partition coefficient (Wildman–Crippen LogP) is 6.63. The number of amides is 1. The summed E-state index contributed by atoms with van der Waals surface area (Å²) in [6.07, 6.45) is 1.24. The normalized spacial score (nSPS) is 12.2. The number of hydrazone groups is 1. The number of rotatable bonds is 14. The second kappa shape index (κ2) is 15.9. The Kier molecular flexibility index (Phi) is 11.7. The third-order valence-corrected chi connectivity index (χ3v) is 11.4. The van der Waals surface area contributed by atoms with E-state index >= 15 is 0 Å². The lowest BCUT2D eigenvalue weighted by molar-refractivity contribution is -0.121. The minimum Gasteiger partial charge on any atom is -0.459 e. The maximum absolute atomic E-state index is 13.7. The predicted molar refractivity (Wildman–Crippen MR) is 189 cm³/mol. The highest BCUT2D eigenvalue weighted by molar-refractivity contribution is 7.89. The summed E-state index contributed by atoms with van der Waals surface area (Å²) < 4.78 is 62.5. The van der Waals surface area contributed by atoms with Crippen LogP contribution in [0, 0.1) is 6.92 Å². The van der Waals surface area contributed by atoms with Crippen LogP contribution in [0.15, 0.2) is 135 Å². The Morgan fingerprint density at radius 3 is 1.86 bits per heavy atom. The van der Waals surface area contributed by atoms with Crippen molar-refractivity contribution in [3.63, 3.8) is 0 Å². The quantitative estimate of drug-likeness (QED) is 0.101. The monoisotopic (exact) mass is 738 g/mol. The highest BCUT2D eigenvalue weighted by Crippen LogP contribution is 2.24. The van der Waals surface area contributed by atoms with Crippen molar-refractivity contribution in [2.75, 3.05) is 6.54 Å². The van der Waals surface area contributed by atoms with Gasteiger partial charge in [0.15, 0.2) is 0 Å². The molecule has 4 aromatic carbocycles. The Morgan fingerprint density at radius 1 is 0.694 bits per heavy atom. The first kappa shape index (κ1) is 36.0. The van der Waals surface area contributed by atoms with Crippen LogP contribution < -0.4 is 5.43 Å². The van der Waals surface area contributed by atoms with E-state index < -0.39 is 32.5 Å². The largest absolute Gasteiger partial charge is 0.459 e. The Morgan fingerprint density at radius 2 is 1.22 bits per heavy atom. The number of nitrogens with one attached hydrogen (secondary N) is 1. The zero-order valence-corrected chi connectivity index (χ0v) is 29.4. The van der Waals surface area contributed by atoms with E-state index in [1.807, 2.05) is 13.0 Å². The molecule has 0 aliphatic heterocycles. The maximum Gasteiger partial charge on any atom is 0.255 e. The van der Waals surface area contributed by atoms with Gasteiger partial charge in [0.25, 0.3) is 5.91 Å². The van der Waals surface area contributed by atoms with Gasteiger partial charge in [-0.15, -0.1) is 0 Å². The van der Waals surface area contributed by atoms with Gasteiger partial charge in [-0.25, -0.2) is 22.3 Å². The number of carbonyl (C=O) groups is 1. The highest BCUT2D eigenvalue weighted by atomic mass is 35.5. The third-order valence-electron chi connectivity index (χ3n) is 7.30. The summed E-state index contributed by atoms with van der Waals surface area (Å²) in [5.41, 5.74) is 4.69. The molecule has 0 unspecified atom stereocenters. The van der Waals surface area contributed by atoms with Crippen molar-refractivity contribution < 1.29 is 26.0 Å². The number of hydrogen-bond acceptors (Lipinski definition) is 7. The number of nitrogens with zero attached hydrogens (tertiary/aromatic N) is 3. The molecule has 0 atom stereocenters. The summed E-state index contributed by atoms with van der Waals surface area (Å²) >= 11 is 12.0. The second-order valence-corrected chi connectivity index (χ2v) is 15.8. The number of aryl methyl sites for hydroxylation is 1. The molecular weight excluding hydrogens is 707 g/mol. The van der Waals surface area contributed by atoms with Crippen molar-refractivity contribution in [3.8, 4) is 0 Å². The van der Waals surface area contributed by atoms with Gasteiger partial charge in [0, 0.05) is 23.1 Å². The lowest BCUT2D eigenvalue weighted by Gasteiger charge is -2.21. The summed E-state index contributed by atoms with van der Waals surface area (Å²) in [6.45, 7) is 1.28. The number of carbonyl (C=O) groups excluding carboxylic acids is 1. The minimum atomic E-state index is -4.07. The number of hydrogen-bond donors (Lipinski definition) is 1. The molecule has 0 aliphatic carbocycles. The Hall–Kier alpha value is -4.30. The number of benzene rings is 4. The van der Waals surface area contributed by atoms with Crippen LogP contribution in [0.4, 0.5) is 0 Å². The molecule has 49 heavy (non-hydrogen) atoms. The first-order chi connectivity index (χ1) is 23.4. The molecule has 0 fully saturated rings. The van der Waals surface area contributed by atoms with Gasteiger partial charge in [0.1, 0.15) is 11.5 Å². The molecule has 254 valence electrons. The van der Waals surface area contributed by atoms with Gasteiger partial charge in [0.2, 0.25) is 20.0 Å². The van der Waals surface area contributed by atoms with Gasteiger partial charge in [-0.1, -0.05) is 83.4 Å². The molecule has 5 rings (SSSR count). The molecule has 1 aromatic heterocycles. The Bertz CT molecular complexity index is 2120. The van der Waals surface area contributed by atoms with E-state index in [1.54, 1.807) is 84.9 Å². The molecule has 0 radical (unpaired) electrons. The van der Waals surface area contributed by atoms with Gasteiger partial charge in [-0.05, 0) is 78.7 Å². The maximum atomic E-state index is 13.7. The Balaban J connectivity index is 1.28. The average Bonchev–Trinajstić information content (AvgIpc) is 3.53. The van der Waals surface area contributed by atoms with E-state index in [4.69, 9.17) is 27.6 Å². The van der Waals surface area contributed by atoms with Crippen molar-refractivity contribution in [1.82, 2.24) is 14.0 Å². The van der Waals surface area contributed by atoms with E-state index in [2.05, 4.69) is 10.5 Å². The average molecular weight is 740 g/mol. The van der Waals surface area contributed by atoms with Gasteiger partial charge >= 0.3 is 0 Å². The summed E-state index contributed by atoms with van der Waals surface area (Å²) in [5.74, 6) is -0.111. The van der Waals surface area contributed by atoms with E-state index in [1.165, 1.54) is 34.8 Å². The fourth-order valence-electron chi connectivity index (χ4n) is 4.73. The molecule has 1 N–H and O–H groups in total. The van der Waals surface area contributed by atoms with Crippen LogP contribution >= 0.6 is 23.2 Å². The molecule has 1 amide bonds. The standard InChI is InChI=1S/C35H32Cl2N4O6S2/c1-26-7-17-33(18-8-26)48(43,44)40(23-28-9-11-29(36)12-10-28)24-32-16-15-31(47-32)21-38-39-35(42)25-41(22-27-5-3-2-4-6-27)49(45,46)34-19-13-30(37)14-20-34/h2-21H,22-25H2,1H3,(H,39,42)/b38-21-. The number of halogens is 2. The second-order valence-electron chi connectivity index (χ2n) is 11.0. The van der Waals surface area contributed by atoms with Crippen molar-refractivity contribution in [2.45, 2.75) is 36.3 Å². The first-order valence-electron chi connectivity index (χ1n) is 14.9. The van der Waals surface area contributed by atoms with Crippen LogP contribution in [0.1, 0.15) is 28.2 Å². The van der Waals surface area contributed by atoms with Crippen LogP contribution in [-0.2, 0) is 44.5 Å². The Labute approximate surface area is 295 Å². The van der Waals surface area contributed by atoms with Crippen molar-refractivity contribution in [1.29, 1.82) is 0 Å². The van der Waals surface area contributed by atoms with E-state index in [0.717, 1.165) is 15.4 Å². The molecule has 0 saturated carbocycles. The fourth-order valence-corrected chi connectivity index (χ4v) is 7.76. The van der Waals surface area contributed by atoms with Crippen molar-refractivity contribution in [3.05, 3.63) is 154 Å². The van der Waals surface area contributed by atoms with Crippen LogP contribution in [0.5, 0.6) is 0 Å². The van der Waals surface area contributed by atoms with Gasteiger partial charge < -0.3 is 4.42 Å². The SMILES string of the molecule is Cc1ccc(S(=O)(=O)N(Cc2ccc(Cl)cc2)Cc2ccc(/C=N\NC(=O)CN(Cc3ccccc3)S(=O)(=O)c3ccc(Cl)cc3)o2)cc1. The van der Waals surface area contributed by atoms with Crippen molar-refractivity contribution >= 4 is 55.4 Å². The number of furan rings is 1. The van der Waals surface area contributed by atoms with E-state index in [0.29, 0.717) is 21.4 Å². The summed E-state index contributed by atoms with van der Waals surface area (Å²) in [7, 11) is -8.00. The summed E-state index contributed by atoms with van der Waals surface area (Å²) in [6, 6.07) is 31.2. The molecule has 0 aliphatic rings. The molecule has 14 heteroatoms.